The molecule has 7 nitrogen and oxygen atoms in total. The number of ether oxygens (including phenoxy) is 1. The molecule has 0 amide bonds. The zero-order valence-electron chi connectivity index (χ0n) is 11.4. The summed E-state index contributed by atoms with van der Waals surface area (Å²) in [5, 5.41) is 6.75. The summed E-state index contributed by atoms with van der Waals surface area (Å²) in [7, 11) is -3.35. The second-order valence-corrected chi connectivity index (χ2v) is 7.18. The van der Waals surface area contributed by atoms with Gasteiger partial charge in [0.05, 0.1) is 19.4 Å². The van der Waals surface area contributed by atoms with E-state index in [9.17, 15) is 8.42 Å². The molecule has 2 aliphatic heterocycles. The van der Waals surface area contributed by atoms with Gasteiger partial charge >= 0.3 is 0 Å². The first-order valence-corrected chi connectivity index (χ1v) is 8.39. The summed E-state index contributed by atoms with van der Waals surface area (Å²) >= 11 is 0. The Morgan fingerprint density at radius 3 is 2.75 bits per heavy atom. The maximum absolute atomic E-state index is 12.6. The van der Waals surface area contributed by atoms with Crippen molar-refractivity contribution < 1.29 is 13.2 Å². The Labute approximate surface area is 119 Å². The van der Waals surface area contributed by atoms with Crippen LogP contribution in [0.4, 0.5) is 0 Å². The molecule has 2 aliphatic rings. The molecule has 0 bridgehead atoms. The Bertz CT molecular complexity index is 525. The van der Waals surface area contributed by atoms with Crippen LogP contribution >= 0.6 is 0 Å². The lowest BCUT2D eigenvalue weighted by Crippen LogP contribution is -2.50. The molecule has 1 aromatic heterocycles. The van der Waals surface area contributed by atoms with Crippen LogP contribution in [0.2, 0.25) is 0 Å². The average molecular weight is 300 g/mol. The van der Waals surface area contributed by atoms with E-state index in [1.54, 1.807) is 10.5 Å². The molecule has 0 aliphatic carbocycles. The molecule has 112 valence electrons. The fourth-order valence-electron chi connectivity index (χ4n) is 2.85. The molecule has 3 heterocycles. The number of nitrogens with one attached hydrogen (secondary N) is 1. The Morgan fingerprint density at radius 1 is 1.25 bits per heavy atom. The van der Waals surface area contributed by atoms with Gasteiger partial charge in [-0.15, -0.1) is 0 Å². The topological polar surface area (TPSA) is 78.5 Å². The smallest absolute Gasteiger partial charge is 0.282 e. The van der Waals surface area contributed by atoms with E-state index >= 15 is 0 Å². The van der Waals surface area contributed by atoms with E-state index < -0.39 is 10.2 Å². The second kappa shape index (κ2) is 5.80. The minimum absolute atomic E-state index is 0.235. The van der Waals surface area contributed by atoms with Crippen molar-refractivity contribution in [1.82, 2.24) is 18.8 Å². The minimum atomic E-state index is -3.35. The zero-order valence-corrected chi connectivity index (χ0v) is 12.2. The van der Waals surface area contributed by atoms with E-state index in [0.29, 0.717) is 39.4 Å². The summed E-state index contributed by atoms with van der Waals surface area (Å²) in [6, 6.07) is 0. The Kier molecular flexibility index (Phi) is 4.06. The molecule has 0 aromatic carbocycles. The lowest BCUT2D eigenvalue weighted by Gasteiger charge is -2.36. The Morgan fingerprint density at radius 2 is 2.05 bits per heavy atom. The molecule has 1 N–H and O–H groups in total. The van der Waals surface area contributed by atoms with Gasteiger partial charge in [-0.2, -0.15) is 22.1 Å². The molecule has 0 radical (unpaired) electrons. The molecule has 8 heteroatoms. The fraction of sp³-hybridized carbons (Fsp3) is 0.750. The molecule has 1 atom stereocenters. The van der Waals surface area contributed by atoms with Gasteiger partial charge in [-0.1, -0.05) is 0 Å². The van der Waals surface area contributed by atoms with Crippen LogP contribution in [0, 0.1) is 0 Å². The van der Waals surface area contributed by atoms with E-state index in [1.165, 1.54) is 4.31 Å². The summed E-state index contributed by atoms with van der Waals surface area (Å²) in [6.07, 6.45) is 5.54. The summed E-state index contributed by atoms with van der Waals surface area (Å²) in [5.74, 6) is 0.235. The van der Waals surface area contributed by atoms with Crippen molar-refractivity contribution in [3.05, 3.63) is 18.0 Å². The number of hydrogen-bond acceptors (Lipinski definition) is 4. The SMILES string of the molecule is O=S(=O)(N1CCOCC1)N1CCC[C@H](c2cn[nH]c2)C1. The first kappa shape index (κ1) is 14.0. The van der Waals surface area contributed by atoms with Crippen molar-refractivity contribution >= 4 is 10.2 Å². The van der Waals surface area contributed by atoms with Gasteiger partial charge in [0.15, 0.2) is 0 Å². The predicted molar refractivity (Wildman–Crippen MR) is 73.4 cm³/mol. The van der Waals surface area contributed by atoms with Crippen molar-refractivity contribution in [2.45, 2.75) is 18.8 Å². The highest BCUT2D eigenvalue weighted by molar-refractivity contribution is 7.86. The highest BCUT2D eigenvalue weighted by Crippen LogP contribution is 2.28. The predicted octanol–water partition coefficient (Wildman–Crippen LogP) is 0.166. The van der Waals surface area contributed by atoms with Crippen LogP contribution in [-0.4, -0.2) is 66.6 Å². The molecular formula is C12H20N4O3S. The highest BCUT2D eigenvalue weighted by Gasteiger charge is 2.34. The normalized spacial score (nSPS) is 26.7. The molecule has 2 saturated heterocycles. The standard InChI is InChI=1S/C12H20N4O3S/c17-20(18,15-4-6-19-7-5-15)16-3-1-2-11(10-16)12-8-13-14-9-12/h8-9,11H,1-7,10H2,(H,13,14)/t11-/m0/s1. The summed E-state index contributed by atoms with van der Waals surface area (Å²) in [6.45, 7) is 3.02. The van der Waals surface area contributed by atoms with Crippen LogP contribution in [-0.2, 0) is 14.9 Å². The molecule has 3 rings (SSSR count). The highest BCUT2D eigenvalue weighted by atomic mass is 32.2. The van der Waals surface area contributed by atoms with Gasteiger partial charge < -0.3 is 4.74 Å². The number of aromatic nitrogens is 2. The first-order valence-electron chi connectivity index (χ1n) is 6.99. The average Bonchev–Trinajstić information content (AvgIpc) is 3.03. The van der Waals surface area contributed by atoms with Gasteiger partial charge in [0.2, 0.25) is 0 Å². The van der Waals surface area contributed by atoms with Crippen molar-refractivity contribution in [1.29, 1.82) is 0 Å². The fourth-order valence-corrected chi connectivity index (χ4v) is 4.51. The van der Waals surface area contributed by atoms with E-state index in [-0.39, 0.29) is 5.92 Å². The van der Waals surface area contributed by atoms with Crippen LogP contribution in [0.25, 0.3) is 0 Å². The van der Waals surface area contributed by atoms with E-state index in [4.69, 9.17) is 4.74 Å². The quantitative estimate of drug-likeness (QED) is 0.863. The number of nitrogens with zero attached hydrogens (tertiary/aromatic N) is 3. The van der Waals surface area contributed by atoms with Crippen LogP contribution in [0.3, 0.4) is 0 Å². The minimum Gasteiger partial charge on any atom is -0.379 e. The lowest BCUT2D eigenvalue weighted by atomic mass is 9.94. The molecule has 0 unspecified atom stereocenters. The Balaban J connectivity index is 1.72. The largest absolute Gasteiger partial charge is 0.379 e. The number of H-pyrrole nitrogens is 1. The molecule has 0 spiro atoms. The number of hydrogen-bond donors (Lipinski definition) is 1. The number of morpholine rings is 1. The molecular weight excluding hydrogens is 280 g/mol. The number of aromatic amines is 1. The second-order valence-electron chi connectivity index (χ2n) is 5.25. The maximum Gasteiger partial charge on any atom is 0.282 e. The molecule has 0 saturated carbocycles. The maximum atomic E-state index is 12.6. The number of rotatable bonds is 3. The lowest BCUT2D eigenvalue weighted by molar-refractivity contribution is 0.0695. The van der Waals surface area contributed by atoms with Gasteiger partial charge in [-0.3, -0.25) is 5.10 Å². The van der Waals surface area contributed by atoms with Gasteiger partial charge in [0.25, 0.3) is 10.2 Å². The third-order valence-corrected chi connectivity index (χ3v) is 6.00. The van der Waals surface area contributed by atoms with Crippen LogP contribution in [0.1, 0.15) is 24.3 Å². The molecule has 20 heavy (non-hydrogen) atoms. The van der Waals surface area contributed by atoms with E-state index in [0.717, 1.165) is 18.4 Å². The van der Waals surface area contributed by atoms with Crippen molar-refractivity contribution in [3.63, 3.8) is 0 Å². The third kappa shape index (κ3) is 2.73. The summed E-state index contributed by atoms with van der Waals surface area (Å²) < 4.78 is 33.6. The van der Waals surface area contributed by atoms with Crippen LogP contribution < -0.4 is 0 Å². The monoisotopic (exact) mass is 300 g/mol. The molecule has 1 aromatic rings. The van der Waals surface area contributed by atoms with E-state index in [2.05, 4.69) is 10.2 Å². The van der Waals surface area contributed by atoms with Crippen molar-refractivity contribution in [3.8, 4) is 0 Å². The van der Waals surface area contributed by atoms with Crippen molar-refractivity contribution in [2.24, 2.45) is 0 Å². The van der Waals surface area contributed by atoms with Gasteiger partial charge in [0.1, 0.15) is 0 Å². The van der Waals surface area contributed by atoms with Crippen molar-refractivity contribution in [2.75, 3.05) is 39.4 Å². The van der Waals surface area contributed by atoms with Gasteiger partial charge in [-0.25, -0.2) is 0 Å². The summed E-state index contributed by atoms with van der Waals surface area (Å²) in [5.41, 5.74) is 1.09. The van der Waals surface area contributed by atoms with Crippen LogP contribution in [0.15, 0.2) is 12.4 Å². The first-order chi connectivity index (χ1) is 9.68. The zero-order chi connectivity index (χ0) is 14.0. The number of piperidine rings is 1. The van der Waals surface area contributed by atoms with Gasteiger partial charge in [-0.05, 0) is 18.4 Å². The third-order valence-electron chi connectivity index (χ3n) is 4.00. The van der Waals surface area contributed by atoms with E-state index in [1.807, 2.05) is 6.20 Å². The Hall–Kier alpha value is -0.960. The molecule has 2 fully saturated rings. The van der Waals surface area contributed by atoms with Crippen LogP contribution in [0.5, 0.6) is 0 Å². The summed E-state index contributed by atoms with van der Waals surface area (Å²) in [4.78, 5) is 0. The van der Waals surface area contributed by atoms with Gasteiger partial charge in [0, 0.05) is 38.3 Å².